The third-order valence-corrected chi connectivity index (χ3v) is 11.4. The molecule has 0 heterocycles. The van der Waals surface area contributed by atoms with Crippen molar-refractivity contribution in [2.24, 2.45) is 0 Å². The molecule has 0 amide bonds. The van der Waals surface area contributed by atoms with Crippen LogP contribution in [0.15, 0.2) is 60.8 Å². The number of unbranched alkanes of at least 4 members (excludes halogenated alkanes) is 14. The average molecular weight is 901 g/mol. The molecule has 0 aliphatic heterocycles. The van der Waals surface area contributed by atoms with E-state index in [2.05, 4.69) is 50.3 Å². The molecular formula is C47H81O14P. The predicted octanol–water partition coefficient (Wildman–Crippen LogP) is 7.92. The van der Waals surface area contributed by atoms with Crippen molar-refractivity contribution in [2.45, 2.75) is 210 Å². The maximum atomic E-state index is 12.8. The molecule has 0 aromatic rings. The van der Waals surface area contributed by atoms with Gasteiger partial charge in [0.1, 0.15) is 43.2 Å². The average Bonchev–Trinajstić information content (AvgIpc) is 3.25. The first-order chi connectivity index (χ1) is 29.8. The van der Waals surface area contributed by atoms with Crippen molar-refractivity contribution in [2.75, 3.05) is 13.2 Å². The first-order valence-electron chi connectivity index (χ1n) is 23.2. The number of hydrogen-bond acceptors (Lipinski definition) is 13. The topological polar surface area (TPSA) is 230 Å². The summed E-state index contributed by atoms with van der Waals surface area (Å²) in [5.74, 6) is -1.31. The minimum atomic E-state index is -5.17. The van der Waals surface area contributed by atoms with Crippen molar-refractivity contribution in [1.82, 2.24) is 0 Å². The molecule has 14 nitrogen and oxygen atoms in total. The molecule has 62 heavy (non-hydrogen) atoms. The van der Waals surface area contributed by atoms with Crippen LogP contribution in [0.25, 0.3) is 0 Å². The van der Waals surface area contributed by atoms with Gasteiger partial charge in [0.05, 0.1) is 12.7 Å². The van der Waals surface area contributed by atoms with Gasteiger partial charge in [-0.25, -0.2) is 4.57 Å². The lowest BCUT2D eigenvalue weighted by atomic mass is 9.85. The zero-order valence-corrected chi connectivity index (χ0v) is 38.4. The van der Waals surface area contributed by atoms with Gasteiger partial charge in [0.15, 0.2) is 6.10 Å². The first-order valence-corrected chi connectivity index (χ1v) is 24.7. The van der Waals surface area contributed by atoms with E-state index < -0.39 is 81.8 Å². The standard InChI is InChI=1S/C47H81O14P/c1-3-5-7-9-11-13-15-17-18-20-22-24-26-28-30-34-41(50)60-39(37-59-62(56,57)61-47-45(54)43(52)42(51)44(53)46(47)55)36-58-40(49)35-31-33-38(48)32-29-27-25-23-21-19-16-14-12-10-8-6-4-2/h12-15,19,21,25,27,29,32,38-39,42-48,51-55H,3-11,16-18,20,22-24,26,28,30-31,33-37H2,1-2H3,(H,56,57)/b14-12-,15-13-,21-19-,27-25-,32-29+/t38-,39-,42?,43-,44+,45-,46-,47?/m1/s1. The quantitative estimate of drug-likeness (QED) is 0.0103. The van der Waals surface area contributed by atoms with Crippen molar-refractivity contribution < 1.29 is 68.2 Å². The van der Waals surface area contributed by atoms with E-state index in [1.165, 1.54) is 44.9 Å². The van der Waals surface area contributed by atoms with Gasteiger partial charge in [-0.3, -0.25) is 18.6 Å². The summed E-state index contributed by atoms with van der Waals surface area (Å²) in [6, 6.07) is 0. The number of carbonyl (C=O) groups is 2. The smallest absolute Gasteiger partial charge is 0.462 e. The van der Waals surface area contributed by atoms with Crippen molar-refractivity contribution in [1.29, 1.82) is 0 Å². The molecule has 0 radical (unpaired) electrons. The second kappa shape index (κ2) is 36.8. The summed E-state index contributed by atoms with van der Waals surface area (Å²) in [5, 5.41) is 60.4. The molecule has 358 valence electrons. The number of aliphatic hydroxyl groups excluding tert-OH is 6. The van der Waals surface area contributed by atoms with Crippen LogP contribution < -0.4 is 0 Å². The predicted molar refractivity (Wildman–Crippen MR) is 241 cm³/mol. The monoisotopic (exact) mass is 901 g/mol. The summed E-state index contributed by atoms with van der Waals surface area (Å²) >= 11 is 0. The van der Waals surface area contributed by atoms with Gasteiger partial charge < -0.3 is 45.0 Å². The summed E-state index contributed by atoms with van der Waals surface area (Å²) < 4.78 is 33.4. The molecule has 1 rings (SSSR count). The molecule has 3 unspecified atom stereocenters. The zero-order valence-electron chi connectivity index (χ0n) is 37.5. The summed E-state index contributed by atoms with van der Waals surface area (Å²) in [6.45, 7) is 3.08. The van der Waals surface area contributed by atoms with Gasteiger partial charge in [-0.1, -0.05) is 139 Å². The number of ether oxygens (including phenoxy) is 2. The number of rotatable bonds is 37. The number of phosphoric ester groups is 1. The first kappa shape index (κ1) is 57.5. The second-order valence-corrected chi connectivity index (χ2v) is 17.5. The van der Waals surface area contributed by atoms with Crippen LogP contribution in [0.2, 0.25) is 0 Å². The van der Waals surface area contributed by atoms with Crippen LogP contribution in [0.1, 0.15) is 162 Å². The molecule has 1 aliphatic rings. The number of hydrogen-bond donors (Lipinski definition) is 7. The minimum absolute atomic E-state index is 0.0491. The SMILES string of the molecule is CCCCC/C=C\C/C=C\C/C=C\C=C\[C@@H](O)CCCC(=O)OC[C@H](COP(=O)(O)OC1[C@H](O)[C@H](O)C(O)[C@H](O)[C@H]1O)OC(=O)CCCCCCCCC/C=C\CCCCCC. The molecule has 0 saturated heterocycles. The lowest BCUT2D eigenvalue weighted by Crippen LogP contribution is -2.64. The van der Waals surface area contributed by atoms with E-state index in [1.807, 2.05) is 12.2 Å². The maximum absolute atomic E-state index is 12.8. The second-order valence-electron chi connectivity index (χ2n) is 16.1. The van der Waals surface area contributed by atoms with Gasteiger partial charge in [0, 0.05) is 12.8 Å². The third kappa shape index (κ3) is 29.1. The van der Waals surface area contributed by atoms with Crippen LogP contribution in [-0.4, -0.2) is 110 Å². The highest BCUT2D eigenvalue weighted by molar-refractivity contribution is 7.47. The molecule has 9 atom stereocenters. The summed E-state index contributed by atoms with van der Waals surface area (Å²) in [6.07, 6.45) is 27.2. The maximum Gasteiger partial charge on any atom is 0.472 e. The summed E-state index contributed by atoms with van der Waals surface area (Å²) in [4.78, 5) is 35.7. The lowest BCUT2D eigenvalue weighted by Gasteiger charge is -2.41. The number of esters is 2. The van der Waals surface area contributed by atoms with Crippen molar-refractivity contribution in [3.8, 4) is 0 Å². The Balaban J connectivity index is 2.56. The Bertz CT molecular complexity index is 1330. The molecule has 0 aromatic heterocycles. The van der Waals surface area contributed by atoms with Crippen molar-refractivity contribution in [3.63, 3.8) is 0 Å². The van der Waals surface area contributed by atoms with Crippen LogP contribution in [0, 0.1) is 0 Å². The molecule has 0 aromatic carbocycles. The van der Waals surface area contributed by atoms with E-state index in [0.29, 0.717) is 6.42 Å². The molecule has 15 heteroatoms. The number of aliphatic hydroxyl groups is 6. The summed E-state index contributed by atoms with van der Waals surface area (Å²) in [5.41, 5.74) is 0. The van der Waals surface area contributed by atoms with Crippen molar-refractivity contribution in [3.05, 3.63) is 60.8 Å². The highest BCUT2D eigenvalue weighted by atomic mass is 31.2. The van der Waals surface area contributed by atoms with E-state index in [1.54, 1.807) is 12.2 Å². The molecule has 1 aliphatic carbocycles. The van der Waals surface area contributed by atoms with Gasteiger partial charge in [0.25, 0.3) is 0 Å². The molecule has 0 spiro atoms. The van der Waals surface area contributed by atoms with Crippen LogP contribution in [-0.2, 0) is 32.7 Å². The minimum Gasteiger partial charge on any atom is -0.462 e. The van der Waals surface area contributed by atoms with Gasteiger partial charge >= 0.3 is 19.8 Å². The number of phosphoric acid groups is 1. The molecular weight excluding hydrogens is 819 g/mol. The largest absolute Gasteiger partial charge is 0.472 e. The van der Waals surface area contributed by atoms with Gasteiger partial charge in [-0.2, -0.15) is 0 Å². The Morgan fingerprint density at radius 2 is 1.06 bits per heavy atom. The van der Waals surface area contributed by atoms with E-state index in [-0.39, 0.29) is 25.7 Å². The fourth-order valence-electron chi connectivity index (χ4n) is 6.62. The van der Waals surface area contributed by atoms with Gasteiger partial charge in [0.2, 0.25) is 0 Å². The zero-order chi connectivity index (χ0) is 45.9. The Kier molecular flexibility index (Phi) is 34.2. The fraction of sp³-hybridized carbons (Fsp3) is 0.745. The molecule has 1 fully saturated rings. The van der Waals surface area contributed by atoms with Crippen LogP contribution >= 0.6 is 7.82 Å². The Hall–Kier alpha value is -2.49. The Labute approximate surface area is 371 Å². The highest BCUT2D eigenvalue weighted by Crippen LogP contribution is 2.47. The van der Waals surface area contributed by atoms with E-state index in [4.69, 9.17) is 18.5 Å². The van der Waals surface area contributed by atoms with Crippen LogP contribution in [0.3, 0.4) is 0 Å². The van der Waals surface area contributed by atoms with Gasteiger partial charge in [-0.15, -0.1) is 0 Å². The summed E-state index contributed by atoms with van der Waals surface area (Å²) in [7, 11) is -5.17. The van der Waals surface area contributed by atoms with Crippen LogP contribution in [0.4, 0.5) is 0 Å². The fourth-order valence-corrected chi connectivity index (χ4v) is 7.59. The van der Waals surface area contributed by atoms with Gasteiger partial charge in [-0.05, 0) is 70.6 Å². The number of allylic oxidation sites excluding steroid dienone is 9. The molecule has 0 bridgehead atoms. The van der Waals surface area contributed by atoms with E-state index >= 15 is 0 Å². The van der Waals surface area contributed by atoms with Crippen LogP contribution in [0.5, 0.6) is 0 Å². The normalized spacial score (nSPS) is 22.9. The Morgan fingerprint density at radius 3 is 1.69 bits per heavy atom. The molecule has 1 saturated carbocycles. The highest BCUT2D eigenvalue weighted by Gasteiger charge is 2.51. The number of carbonyl (C=O) groups excluding carboxylic acids is 2. The van der Waals surface area contributed by atoms with E-state index in [9.17, 15) is 49.7 Å². The molecule has 7 N–H and O–H groups in total. The third-order valence-electron chi connectivity index (χ3n) is 10.4. The van der Waals surface area contributed by atoms with Crippen molar-refractivity contribution >= 4 is 19.8 Å². The lowest BCUT2D eigenvalue weighted by molar-refractivity contribution is -0.220. The Morgan fingerprint density at radius 1 is 0.581 bits per heavy atom. The van der Waals surface area contributed by atoms with E-state index in [0.717, 1.165) is 70.6 Å².